The highest BCUT2D eigenvalue weighted by Crippen LogP contribution is 2.33. The van der Waals surface area contributed by atoms with E-state index in [2.05, 4.69) is 10.3 Å². The highest BCUT2D eigenvalue weighted by atomic mass is 32.1. The molecular weight excluding hydrogens is 316 g/mol. The van der Waals surface area contributed by atoms with Crippen LogP contribution in [0.2, 0.25) is 0 Å². The molecule has 0 unspecified atom stereocenters. The predicted octanol–water partition coefficient (Wildman–Crippen LogP) is 2.95. The molecule has 3 rings (SSSR count). The summed E-state index contributed by atoms with van der Waals surface area (Å²) in [5.41, 5.74) is 2.75. The normalized spacial score (nSPS) is 13.6. The summed E-state index contributed by atoms with van der Waals surface area (Å²) in [6, 6.07) is 5.88. The van der Waals surface area contributed by atoms with Crippen molar-refractivity contribution in [2.75, 3.05) is 25.6 Å². The largest absolute Gasteiger partial charge is 0.496 e. The molecular formula is C16H16N2O4S. The van der Waals surface area contributed by atoms with Gasteiger partial charge >= 0.3 is 0 Å². The summed E-state index contributed by atoms with van der Waals surface area (Å²) < 4.78 is 15.7. The van der Waals surface area contributed by atoms with Gasteiger partial charge in [-0.25, -0.2) is 4.98 Å². The molecule has 120 valence electrons. The lowest BCUT2D eigenvalue weighted by molar-refractivity contribution is -0.117. The van der Waals surface area contributed by atoms with Crippen molar-refractivity contribution in [1.29, 1.82) is 0 Å². The second-order valence-corrected chi connectivity index (χ2v) is 5.76. The van der Waals surface area contributed by atoms with Crippen LogP contribution >= 0.6 is 11.3 Å². The number of rotatable bonds is 4. The molecule has 0 atom stereocenters. The van der Waals surface area contributed by atoms with Gasteiger partial charge in [-0.05, 0) is 19.1 Å². The molecule has 23 heavy (non-hydrogen) atoms. The number of carbonyl (C=O) groups excluding carboxylic acids is 1. The van der Waals surface area contributed by atoms with Crippen LogP contribution in [0, 0.1) is 6.92 Å². The molecule has 2 aromatic rings. The number of anilines is 1. The number of nitrogens with zero attached hydrogens (tertiary/aromatic N) is 1. The van der Waals surface area contributed by atoms with Crippen LogP contribution in [-0.4, -0.2) is 31.2 Å². The second-order valence-electron chi connectivity index (χ2n) is 4.90. The lowest BCUT2D eigenvalue weighted by Gasteiger charge is -2.14. The Morgan fingerprint density at radius 1 is 1.39 bits per heavy atom. The molecule has 1 aromatic carbocycles. The van der Waals surface area contributed by atoms with Gasteiger partial charge in [0.05, 0.1) is 12.8 Å². The number of nitrogens with one attached hydrogen (secondary N) is 1. The van der Waals surface area contributed by atoms with Gasteiger partial charge in [0.25, 0.3) is 5.91 Å². The molecule has 2 heterocycles. The maximum absolute atomic E-state index is 12.0. The quantitative estimate of drug-likeness (QED) is 0.932. The molecule has 1 N–H and O–H groups in total. The van der Waals surface area contributed by atoms with Crippen LogP contribution in [0.3, 0.4) is 0 Å². The minimum absolute atomic E-state index is 0.154. The van der Waals surface area contributed by atoms with Crippen LogP contribution in [0.5, 0.6) is 5.75 Å². The van der Waals surface area contributed by atoms with Crippen molar-refractivity contribution in [1.82, 2.24) is 4.98 Å². The summed E-state index contributed by atoms with van der Waals surface area (Å²) in [6.07, 6.45) is 1.32. The number of hydrogen-bond donors (Lipinski definition) is 1. The summed E-state index contributed by atoms with van der Waals surface area (Å²) >= 11 is 1.34. The molecule has 1 amide bonds. The molecule has 0 fully saturated rings. The van der Waals surface area contributed by atoms with Crippen molar-refractivity contribution in [3.63, 3.8) is 0 Å². The summed E-state index contributed by atoms with van der Waals surface area (Å²) in [7, 11) is 1.62. The first kappa shape index (κ1) is 15.4. The summed E-state index contributed by atoms with van der Waals surface area (Å²) in [5, 5.41) is 5.07. The summed E-state index contributed by atoms with van der Waals surface area (Å²) in [4.78, 5) is 16.5. The lowest BCUT2D eigenvalue weighted by atomic mass is 10.1. The van der Waals surface area contributed by atoms with Gasteiger partial charge in [0.2, 0.25) is 5.76 Å². The third-order valence-corrected chi connectivity index (χ3v) is 3.99. The first-order valence-corrected chi connectivity index (χ1v) is 7.92. The molecule has 0 aliphatic carbocycles. The third kappa shape index (κ3) is 3.45. The van der Waals surface area contributed by atoms with E-state index in [1.54, 1.807) is 7.11 Å². The highest BCUT2D eigenvalue weighted by Gasteiger charge is 2.17. The van der Waals surface area contributed by atoms with Gasteiger partial charge in [-0.15, -0.1) is 11.3 Å². The number of thiazole rings is 1. The fourth-order valence-corrected chi connectivity index (χ4v) is 2.83. The van der Waals surface area contributed by atoms with Crippen molar-refractivity contribution >= 4 is 22.4 Å². The van der Waals surface area contributed by atoms with Gasteiger partial charge in [0, 0.05) is 10.9 Å². The smallest absolute Gasteiger partial charge is 0.295 e. The summed E-state index contributed by atoms with van der Waals surface area (Å²) in [5.74, 6) is 0.522. The Bertz CT molecular complexity index is 754. The molecule has 6 nitrogen and oxygen atoms in total. The van der Waals surface area contributed by atoms with Gasteiger partial charge in [-0.1, -0.05) is 11.6 Å². The number of aromatic nitrogens is 1. The van der Waals surface area contributed by atoms with E-state index >= 15 is 0 Å². The number of ether oxygens (including phenoxy) is 3. The lowest BCUT2D eigenvalue weighted by Crippen LogP contribution is -2.21. The van der Waals surface area contributed by atoms with E-state index in [0.717, 1.165) is 22.6 Å². The van der Waals surface area contributed by atoms with Gasteiger partial charge in [-0.3, -0.25) is 10.1 Å². The van der Waals surface area contributed by atoms with Crippen LogP contribution in [0.4, 0.5) is 5.13 Å². The van der Waals surface area contributed by atoms with Crippen LogP contribution < -0.4 is 10.1 Å². The number of benzene rings is 1. The number of aryl methyl sites for hydroxylation is 1. The number of methoxy groups -OCH3 is 1. The van der Waals surface area contributed by atoms with Gasteiger partial charge in [-0.2, -0.15) is 0 Å². The molecule has 0 bridgehead atoms. The Balaban J connectivity index is 1.79. The Labute approximate surface area is 137 Å². The first-order chi connectivity index (χ1) is 11.2. The van der Waals surface area contributed by atoms with E-state index in [1.165, 1.54) is 17.6 Å². The van der Waals surface area contributed by atoms with Crippen molar-refractivity contribution in [2.45, 2.75) is 6.92 Å². The fourth-order valence-electron chi connectivity index (χ4n) is 2.12. The molecule has 1 aromatic heterocycles. The first-order valence-electron chi connectivity index (χ1n) is 7.04. The fraction of sp³-hybridized carbons (Fsp3) is 0.250. The average Bonchev–Trinajstić information content (AvgIpc) is 3.04. The zero-order valence-corrected chi connectivity index (χ0v) is 13.6. The van der Waals surface area contributed by atoms with E-state index in [-0.39, 0.29) is 11.7 Å². The van der Waals surface area contributed by atoms with Crippen molar-refractivity contribution < 1.29 is 19.0 Å². The van der Waals surface area contributed by atoms with Gasteiger partial charge in [0.1, 0.15) is 25.2 Å². The highest BCUT2D eigenvalue weighted by molar-refractivity contribution is 7.14. The van der Waals surface area contributed by atoms with Crippen molar-refractivity contribution in [3.8, 4) is 17.0 Å². The monoisotopic (exact) mass is 332 g/mol. The Morgan fingerprint density at radius 3 is 3.00 bits per heavy atom. The molecule has 0 saturated heterocycles. The Morgan fingerprint density at radius 2 is 2.26 bits per heavy atom. The average molecular weight is 332 g/mol. The minimum Gasteiger partial charge on any atom is -0.496 e. The van der Waals surface area contributed by atoms with Gasteiger partial charge in [0.15, 0.2) is 5.13 Å². The van der Waals surface area contributed by atoms with E-state index in [4.69, 9.17) is 14.2 Å². The topological polar surface area (TPSA) is 69.7 Å². The molecule has 0 spiro atoms. The van der Waals surface area contributed by atoms with Crippen LogP contribution in [-0.2, 0) is 14.3 Å². The Hall–Kier alpha value is -2.54. The van der Waals surface area contributed by atoms with Crippen LogP contribution in [0.15, 0.2) is 35.6 Å². The molecule has 7 heteroatoms. The van der Waals surface area contributed by atoms with Gasteiger partial charge < -0.3 is 14.2 Å². The SMILES string of the molecule is COc1ccc(C)cc1-c1csc(NC(=O)C2=COCCO2)n1. The maximum atomic E-state index is 12.0. The number of carbonyl (C=O) groups is 1. The van der Waals surface area contributed by atoms with E-state index in [9.17, 15) is 4.79 Å². The van der Waals surface area contributed by atoms with E-state index < -0.39 is 0 Å². The zero-order valence-electron chi connectivity index (χ0n) is 12.8. The minimum atomic E-state index is -0.373. The van der Waals surface area contributed by atoms with Crippen LogP contribution in [0.1, 0.15) is 5.56 Å². The third-order valence-electron chi connectivity index (χ3n) is 3.23. The molecule has 1 aliphatic heterocycles. The van der Waals surface area contributed by atoms with E-state index in [0.29, 0.717) is 18.3 Å². The molecule has 0 radical (unpaired) electrons. The Kier molecular flexibility index (Phi) is 4.47. The van der Waals surface area contributed by atoms with Crippen molar-refractivity contribution in [2.24, 2.45) is 0 Å². The predicted molar refractivity (Wildman–Crippen MR) is 87.5 cm³/mol. The molecule has 1 aliphatic rings. The number of amides is 1. The zero-order chi connectivity index (χ0) is 16.2. The van der Waals surface area contributed by atoms with Crippen molar-refractivity contribution in [3.05, 3.63) is 41.2 Å². The standard InChI is InChI=1S/C16H16N2O4S/c1-10-3-4-13(20-2)11(7-10)12-9-23-16(17-12)18-15(19)14-8-21-5-6-22-14/h3-4,7-9H,5-6H2,1-2H3,(H,17,18,19). The summed E-state index contributed by atoms with van der Waals surface area (Å²) in [6.45, 7) is 2.82. The number of hydrogen-bond acceptors (Lipinski definition) is 6. The maximum Gasteiger partial charge on any atom is 0.295 e. The van der Waals surface area contributed by atoms with Crippen LogP contribution in [0.25, 0.3) is 11.3 Å². The van der Waals surface area contributed by atoms with E-state index in [1.807, 2.05) is 30.5 Å². The second kappa shape index (κ2) is 6.70. The molecule has 0 saturated carbocycles.